The van der Waals surface area contributed by atoms with E-state index in [2.05, 4.69) is 5.32 Å². The number of hydrogen-bond acceptors (Lipinski definition) is 5. The molecule has 0 saturated heterocycles. The van der Waals surface area contributed by atoms with Crippen molar-refractivity contribution in [1.82, 2.24) is 5.32 Å². The van der Waals surface area contributed by atoms with Crippen LogP contribution in [0, 0.1) is 18.3 Å². The predicted molar refractivity (Wildman–Crippen MR) is 68.8 cm³/mol. The first-order chi connectivity index (χ1) is 9.27. The number of nitriles is 1. The summed E-state index contributed by atoms with van der Waals surface area (Å²) >= 11 is 0. The number of benzene rings is 1. The molecule has 0 aliphatic carbocycles. The van der Waals surface area contributed by atoms with Gasteiger partial charge < -0.3 is 10.4 Å². The average Bonchev–Trinajstić information content (AvgIpc) is 2.35. The van der Waals surface area contributed by atoms with Crippen molar-refractivity contribution < 1.29 is 23.1 Å². The van der Waals surface area contributed by atoms with E-state index in [4.69, 9.17) is 10.4 Å². The van der Waals surface area contributed by atoms with Gasteiger partial charge in [0.1, 0.15) is 12.3 Å². The van der Waals surface area contributed by atoms with Gasteiger partial charge in [-0.05, 0) is 24.6 Å². The van der Waals surface area contributed by atoms with Gasteiger partial charge in [-0.3, -0.25) is 4.79 Å². The number of amides is 1. The monoisotopic (exact) mass is 296 g/mol. The van der Waals surface area contributed by atoms with E-state index in [1.165, 1.54) is 12.1 Å². The molecule has 0 spiro atoms. The number of nitrogens with zero attached hydrogens (tertiary/aromatic N) is 1. The molecule has 2 N–H and O–H groups in total. The Hall–Kier alpha value is -2.40. The van der Waals surface area contributed by atoms with Gasteiger partial charge in [-0.25, -0.2) is 13.2 Å². The first-order valence-electron chi connectivity index (χ1n) is 5.48. The summed E-state index contributed by atoms with van der Waals surface area (Å²) in [6.07, 6.45) is 0. The molecular formula is C12H12N2O5S. The number of carbonyl (C=O) groups excluding carboxylic acids is 1. The van der Waals surface area contributed by atoms with Crippen molar-refractivity contribution in [2.45, 2.75) is 11.8 Å². The van der Waals surface area contributed by atoms with E-state index in [-0.39, 0.29) is 17.0 Å². The first kappa shape index (κ1) is 15.7. The molecule has 0 aliphatic heterocycles. The molecule has 0 aliphatic rings. The number of carbonyl (C=O) groups is 2. The molecule has 1 rings (SSSR count). The molecule has 8 heteroatoms. The summed E-state index contributed by atoms with van der Waals surface area (Å²) in [4.78, 5) is 22.0. The maximum absolute atomic E-state index is 12.0. The molecule has 0 unspecified atom stereocenters. The third-order valence-corrected chi connectivity index (χ3v) is 4.10. The molecule has 0 saturated carbocycles. The van der Waals surface area contributed by atoms with Crippen LogP contribution in [-0.2, 0) is 14.6 Å². The van der Waals surface area contributed by atoms with Crippen LogP contribution in [0.25, 0.3) is 0 Å². The largest absolute Gasteiger partial charge is 0.478 e. The Morgan fingerprint density at radius 1 is 1.40 bits per heavy atom. The second-order valence-corrected chi connectivity index (χ2v) is 5.97. The zero-order valence-corrected chi connectivity index (χ0v) is 11.4. The third-order valence-electron chi connectivity index (χ3n) is 2.48. The Morgan fingerprint density at radius 3 is 2.60 bits per heavy atom. The molecule has 7 nitrogen and oxygen atoms in total. The van der Waals surface area contributed by atoms with Crippen LogP contribution in [0.2, 0.25) is 0 Å². The highest BCUT2D eigenvalue weighted by Crippen LogP contribution is 2.17. The van der Waals surface area contributed by atoms with E-state index < -0.39 is 27.5 Å². The highest BCUT2D eigenvalue weighted by molar-refractivity contribution is 7.92. The van der Waals surface area contributed by atoms with Crippen molar-refractivity contribution in [2.75, 3.05) is 12.3 Å². The Morgan fingerprint density at radius 2 is 2.05 bits per heavy atom. The molecular weight excluding hydrogens is 284 g/mol. The van der Waals surface area contributed by atoms with E-state index in [1.54, 1.807) is 13.0 Å². The second-order valence-electron chi connectivity index (χ2n) is 3.98. The van der Waals surface area contributed by atoms with Crippen molar-refractivity contribution in [3.05, 3.63) is 29.3 Å². The molecule has 0 fully saturated rings. The van der Waals surface area contributed by atoms with Crippen molar-refractivity contribution in [1.29, 1.82) is 5.26 Å². The Bertz CT molecular complexity index is 688. The molecule has 0 aromatic heterocycles. The van der Waals surface area contributed by atoms with Crippen molar-refractivity contribution in [2.24, 2.45) is 0 Å². The van der Waals surface area contributed by atoms with E-state index in [9.17, 15) is 18.0 Å². The smallest absolute Gasteiger partial charge is 0.335 e. The van der Waals surface area contributed by atoms with Crippen LogP contribution in [0.1, 0.15) is 15.9 Å². The molecule has 0 atom stereocenters. The van der Waals surface area contributed by atoms with E-state index in [1.807, 2.05) is 0 Å². The molecule has 1 amide bonds. The Balaban J connectivity index is 3.05. The van der Waals surface area contributed by atoms with Crippen LogP contribution < -0.4 is 5.32 Å². The number of aromatic carboxylic acids is 1. The summed E-state index contributed by atoms with van der Waals surface area (Å²) < 4.78 is 23.9. The molecule has 20 heavy (non-hydrogen) atoms. The lowest BCUT2D eigenvalue weighted by atomic mass is 10.1. The van der Waals surface area contributed by atoms with Gasteiger partial charge in [0, 0.05) is 0 Å². The zero-order valence-electron chi connectivity index (χ0n) is 10.6. The zero-order chi connectivity index (χ0) is 15.3. The summed E-state index contributed by atoms with van der Waals surface area (Å²) in [5.41, 5.74) is 0.286. The van der Waals surface area contributed by atoms with Crippen molar-refractivity contribution in [3.63, 3.8) is 0 Å². The van der Waals surface area contributed by atoms with Gasteiger partial charge in [0.2, 0.25) is 5.91 Å². The standard InChI is InChI=1S/C12H12N2O5S/c1-8-2-3-9(6-10(8)12(16)17)20(18,19)7-11(15)14-5-4-13/h2-3,6H,5,7H2,1H3,(H,14,15)(H,16,17). The van der Waals surface area contributed by atoms with Crippen LogP contribution in [0.3, 0.4) is 0 Å². The lowest BCUT2D eigenvalue weighted by Crippen LogP contribution is -2.30. The van der Waals surface area contributed by atoms with Gasteiger partial charge in [0.05, 0.1) is 16.5 Å². The van der Waals surface area contributed by atoms with Gasteiger partial charge in [-0.15, -0.1) is 0 Å². The van der Waals surface area contributed by atoms with Gasteiger partial charge in [0.25, 0.3) is 0 Å². The second kappa shape index (κ2) is 6.16. The molecule has 1 aromatic rings. The molecule has 0 bridgehead atoms. The molecule has 0 heterocycles. The minimum absolute atomic E-state index is 0.136. The van der Waals surface area contributed by atoms with E-state index >= 15 is 0 Å². The summed E-state index contributed by atoms with van der Waals surface area (Å²) in [5.74, 6) is -2.89. The van der Waals surface area contributed by atoms with Crippen LogP contribution in [0.5, 0.6) is 0 Å². The lowest BCUT2D eigenvalue weighted by molar-refractivity contribution is -0.118. The van der Waals surface area contributed by atoms with Gasteiger partial charge >= 0.3 is 5.97 Å². The summed E-state index contributed by atoms with van der Waals surface area (Å²) in [7, 11) is -3.95. The quantitative estimate of drug-likeness (QED) is 0.743. The summed E-state index contributed by atoms with van der Waals surface area (Å²) in [6, 6.07) is 5.28. The fraction of sp³-hybridized carbons (Fsp3) is 0.250. The molecule has 106 valence electrons. The highest BCUT2D eigenvalue weighted by atomic mass is 32.2. The SMILES string of the molecule is Cc1ccc(S(=O)(=O)CC(=O)NCC#N)cc1C(=O)O. The Kier molecular flexibility index (Phi) is 4.83. The van der Waals surface area contributed by atoms with Crippen LogP contribution in [0.4, 0.5) is 0 Å². The number of rotatable bonds is 5. The van der Waals surface area contributed by atoms with Crippen molar-refractivity contribution in [3.8, 4) is 6.07 Å². The van der Waals surface area contributed by atoms with Crippen LogP contribution >= 0.6 is 0 Å². The first-order valence-corrected chi connectivity index (χ1v) is 7.13. The highest BCUT2D eigenvalue weighted by Gasteiger charge is 2.21. The minimum Gasteiger partial charge on any atom is -0.478 e. The fourth-order valence-electron chi connectivity index (χ4n) is 1.47. The van der Waals surface area contributed by atoms with Crippen molar-refractivity contribution >= 4 is 21.7 Å². The summed E-state index contributed by atoms with van der Waals surface area (Å²) in [5, 5.41) is 19.3. The van der Waals surface area contributed by atoms with Gasteiger partial charge in [-0.1, -0.05) is 6.07 Å². The Labute approximate surface area is 115 Å². The fourth-order valence-corrected chi connectivity index (χ4v) is 2.66. The number of nitrogens with one attached hydrogen (secondary N) is 1. The van der Waals surface area contributed by atoms with Gasteiger partial charge in [-0.2, -0.15) is 5.26 Å². The molecule has 0 radical (unpaired) electrons. The number of aryl methyl sites for hydroxylation is 1. The van der Waals surface area contributed by atoms with E-state index in [0.29, 0.717) is 5.56 Å². The number of carboxylic acids is 1. The number of hydrogen-bond donors (Lipinski definition) is 2. The normalized spacial score (nSPS) is 10.6. The van der Waals surface area contributed by atoms with E-state index in [0.717, 1.165) is 6.07 Å². The van der Waals surface area contributed by atoms with Crippen LogP contribution in [-0.4, -0.2) is 37.7 Å². The van der Waals surface area contributed by atoms with Crippen LogP contribution in [0.15, 0.2) is 23.1 Å². The predicted octanol–water partition coefficient (Wildman–Crippen LogP) is 0.107. The van der Waals surface area contributed by atoms with Gasteiger partial charge in [0.15, 0.2) is 9.84 Å². The number of sulfone groups is 1. The average molecular weight is 296 g/mol. The maximum atomic E-state index is 12.0. The summed E-state index contributed by atoms with van der Waals surface area (Å²) in [6.45, 7) is 1.25. The lowest BCUT2D eigenvalue weighted by Gasteiger charge is -2.07. The number of carboxylic acid groups (broad SMARTS) is 1. The molecule has 1 aromatic carbocycles. The third kappa shape index (κ3) is 3.80. The maximum Gasteiger partial charge on any atom is 0.335 e. The topological polar surface area (TPSA) is 124 Å². The minimum atomic E-state index is -3.95.